The van der Waals surface area contributed by atoms with Crippen molar-refractivity contribution >= 4 is 11.0 Å². The Morgan fingerprint density at radius 2 is 2.20 bits per heavy atom. The van der Waals surface area contributed by atoms with Gasteiger partial charge in [0.15, 0.2) is 0 Å². The second-order valence-electron chi connectivity index (χ2n) is 4.93. The summed E-state index contributed by atoms with van der Waals surface area (Å²) in [6, 6.07) is 8.37. The summed E-state index contributed by atoms with van der Waals surface area (Å²) in [5.74, 6) is 1.96. The van der Waals surface area contributed by atoms with E-state index in [1.54, 1.807) is 6.20 Å². The minimum atomic E-state index is 0.155. The van der Waals surface area contributed by atoms with Crippen molar-refractivity contribution in [2.75, 3.05) is 0 Å². The first kappa shape index (κ1) is 12.9. The highest BCUT2D eigenvalue weighted by Crippen LogP contribution is 2.30. The number of imidazole rings is 1. The lowest BCUT2D eigenvalue weighted by Crippen LogP contribution is -2.19. The highest BCUT2D eigenvalue weighted by Gasteiger charge is 2.17. The fourth-order valence-electron chi connectivity index (χ4n) is 2.57. The van der Waals surface area contributed by atoms with Gasteiger partial charge >= 0.3 is 0 Å². The number of aryl methyl sites for hydroxylation is 1. The number of aromatic nitrogens is 2. The summed E-state index contributed by atoms with van der Waals surface area (Å²) in [5, 5.41) is 4.67. The van der Waals surface area contributed by atoms with Crippen LogP contribution in [0.25, 0.3) is 11.0 Å². The Bertz CT molecular complexity index is 685. The molecule has 2 aromatic heterocycles. The molecule has 0 bridgehead atoms. The number of fused-ring (bicyclic) bond motifs is 1. The maximum atomic E-state index is 6.03. The molecule has 0 aliphatic carbocycles. The van der Waals surface area contributed by atoms with Gasteiger partial charge in [0, 0.05) is 23.3 Å². The van der Waals surface area contributed by atoms with E-state index in [4.69, 9.17) is 4.42 Å². The first-order valence-corrected chi connectivity index (χ1v) is 7.01. The Labute approximate surface area is 118 Å². The lowest BCUT2D eigenvalue weighted by molar-refractivity contribution is 0.442. The number of rotatable bonds is 5. The average molecular weight is 269 g/mol. The predicted molar refractivity (Wildman–Crippen MR) is 79.4 cm³/mol. The van der Waals surface area contributed by atoms with Crippen molar-refractivity contribution in [2.45, 2.75) is 32.9 Å². The second kappa shape index (κ2) is 5.51. The first-order valence-electron chi connectivity index (χ1n) is 7.01. The standard InChI is InChI=1S/C16H19N3O/c1-3-12-13-6-4-5-7-14(13)20-16(12)11(2)19-10-15-17-8-9-18-15/h4-9,11,19H,3,10H2,1-2H3,(H,17,18). The van der Waals surface area contributed by atoms with Crippen LogP contribution in [0, 0.1) is 0 Å². The summed E-state index contributed by atoms with van der Waals surface area (Å²) in [7, 11) is 0. The molecule has 3 rings (SSSR count). The minimum absolute atomic E-state index is 0.155. The monoisotopic (exact) mass is 269 g/mol. The van der Waals surface area contributed by atoms with Crippen molar-refractivity contribution in [3.05, 3.63) is 53.8 Å². The molecule has 2 heterocycles. The van der Waals surface area contributed by atoms with E-state index in [0.29, 0.717) is 6.54 Å². The Balaban J connectivity index is 1.85. The van der Waals surface area contributed by atoms with Crippen LogP contribution in [0.3, 0.4) is 0 Å². The fraction of sp³-hybridized carbons (Fsp3) is 0.312. The summed E-state index contributed by atoms with van der Waals surface area (Å²) >= 11 is 0. The van der Waals surface area contributed by atoms with Crippen LogP contribution in [0.5, 0.6) is 0 Å². The molecule has 104 valence electrons. The molecule has 20 heavy (non-hydrogen) atoms. The van der Waals surface area contributed by atoms with Gasteiger partial charge in [0.2, 0.25) is 0 Å². The Morgan fingerprint density at radius 3 is 2.95 bits per heavy atom. The topological polar surface area (TPSA) is 53.9 Å². The lowest BCUT2D eigenvalue weighted by atomic mass is 10.1. The molecule has 1 atom stereocenters. The van der Waals surface area contributed by atoms with Gasteiger partial charge in [-0.1, -0.05) is 25.1 Å². The van der Waals surface area contributed by atoms with Crippen molar-refractivity contribution in [1.82, 2.24) is 15.3 Å². The molecule has 4 heteroatoms. The molecule has 1 unspecified atom stereocenters. The number of nitrogens with zero attached hydrogens (tertiary/aromatic N) is 1. The predicted octanol–water partition coefficient (Wildman–Crippen LogP) is 3.57. The molecule has 2 N–H and O–H groups in total. The van der Waals surface area contributed by atoms with Crippen molar-refractivity contribution in [1.29, 1.82) is 0 Å². The van der Waals surface area contributed by atoms with E-state index in [2.05, 4.69) is 41.3 Å². The van der Waals surface area contributed by atoms with Gasteiger partial charge in [-0.25, -0.2) is 4.98 Å². The van der Waals surface area contributed by atoms with Gasteiger partial charge in [-0.15, -0.1) is 0 Å². The van der Waals surface area contributed by atoms with Crippen LogP contribution >= 0.6 is 0 Å². The molecule has 3 aromatic rings. The highest BCUT2D eigenvalue weighted by atomic mass is 16.3. The van der Waals surface area contributed by atoms with Crippen LogP contribution in [0.1, 0.15) is 37.0 Å². The van der Waals surface area contributed by atoms with Gasteiger partial charge in [0.05, 0.1) is 12.6 Å². The van der Waals surface area contributed by atoms with Crippen LogP contribution in [0.15, 0.2) is 41.1 Å². The van der Waals surface area contributed by atoms with E-state index in [1.807, 2.05) is 18.3 Å². The van der Waals surface area contributed by atoms with Crippen molar-refractivity contribution in [3.63, 3.8) is 0 Å². The lowest BCUT2D eigenvalue weighted by Gasteiger charge is -2.12. The number of H-pyrrole nitrogens is 1. The van der Waals surface area contributed by atoms with Crippen LogP contribution < -0.4 is 5.32 Å². The summed E-state index contributed by atoms with van der Waals surface area (Å²) in [6.07, 6.45) is 4.57. The quantitative estimate of drug-likeness (QED) is 0.744. The minimum Gasteiger partial charge on any atom is -0.459 e. The number of hydrogen-bond donors (Lipinski definition) is 2. The molecule has 0 aliphatic heterocycles. The van der Waals surface area contributed by atoms with Gasteiger partial charge in [-0.05, 0) is 19.4 Å². The number of aromatic amines is 1. The maximum Gasteiger partial charge on any atom is 0.134 e. The molecule has 0 spiro atoms. The molecule has 4 nitrogen and oxygen atoms in total. The molecular weight excluding hydrogens is 250 g/mol. The zero-order valence-corrected chi connectivity index (χ0v) is 11.8. The average Bonchev–Trinajstić information content (AvgIpc) is 3.11. The highest BCUT2D eigenvalue weighted by molar-refractivity contribution is 5.82. The molecule has 0 radical (unpaired) electrons. The van der Waals surface area contributed by atoms with Crippen molar-refractivity contribution < 1.29 is 4.42 Å². The normalized spacial score (nSPS) is 12.9. The van der Waals surface area contributed by atoms with Crippen LogP contribution in [-0.4, -0.2) is 9.97 Å². The third-order valence-corrected chi connectivity index (χ3v) is 3.61. The van der Waals surface area contributed by atoms with E-state index in [0.717, 1.165) is 23.6 Å². The SMILES string of the molecule is CCc1c(C(C)NCc2ncc[nH]2)oc2ccccc12. The molecule has 0 saturated carbocycles. The van der Waals surface area contributed by atoms with Gasteiger partial charge in [-0.2, -0.15) is 0 Å². The van der Waals surface area contributed by atoms with Crippen molar-refractivity contribution in [3.8, 4) is 0 Å². The zero-order valence-electron chi connectivity index (χ0n) is 11.8. The molecule has 0 amide bonds. The number of benzene rings is 1. The van der Waals surface area contributed by atoms with Crippen LogP contribution in [-0.2, 0) is 13.0 Å². The number of furan rings is 1. The summed E-state index contributed by atoms with van der Waals surface area (Å²) in [5.41, 5.74) is 2.26. The van der Waals surface area contributed by atoms with Gasteiger partial charge in [0.25, 0.3) is 0 Å². The largest absolute Gasteiger partial charge is 0.459 e. The van der Waals surface area contributed by atoms with Gasteiger partial charge in [0.1, 0.15) is 17.2 Å². The third-order valence-electron chi connectivity index (χ3n) is 3.61. The summed E-state index contributed by atoms with van der Waals surface area (Å²) in [4.78, 5) is 7.31. The Morgan fingerprint density at radius 1 is 1.35 bits per heavy atom. The summed E-state index contributed by atoms with van der Waals surface area (Å²) < 4.78 is 6.03. The molecule has 0 fully saturated rings. The van der Waals surface area contributed by atoms with Crippen LogP contribution in [0.4, 0.5) is 0 Å². The Kier molecular flexibility index (Phi) is 3.56. The molecule has 0 aliphatic rings. The van der Waals surface area contributed by atoms with Crippen LogP contribution in [0.2, 0.25) is 0 Å². The Hall–Kier alpha value is -2.07. The summed E-state index contributed by atoms with van der Waals surface area (Å²) in [6.45, 7) is 4.99. The third kappa shape index (κ3) is 2.34. The van der Waals surface area contributed by atoms with E-state index < -0.39 is 0 Å². The van der Waals surface area contributed by atoms with E-state index in [-0.39, 0.29) is 6.04 Å². The zero-order chi connectivity index (χ0) is 13.9. The molecule has 1 aromatic carbocycles. The second-order valence-corrected chi connectivity index (χ2v) is 4.93. The van der Waals surface area contributed by atoms with Crippen molar-refractivity contribution in [2.24, 2.45) is 0 Å². The molecular formula is C16H19N3O. The van der Waals surface area contributed by atoms with Gasteiger partial charge < -0.3 is 14.7 Å². The molecule has 0 saturated heterocycles. The smallest absolute Gasteiger partial charge is 0.134 e. The van der Waals surface area contributed by atoms with Gasteiger partial charge in [-0.3, -0.25) is 0 Å². The maximum absolute atomic E-state index is 6.03. The number of hydrogen-bond acceptors (Lipinski definition) is 3. The number of nitrogens with one attached hydrogen (secondary N) is 2. The van der Waals surface area contributed by atoms with E-state index in [1.165, 1.54) is 10.9 Å². The fourth-order valence-corrected chi connectivity index (χ4v) is 2.57. The number of para-hydroxylation sites is 1. The van der Waals surface area contributed by atoms with E-state index >= 15 is 0 Å². The van der Waals surface area contributed by atoms with E-state index in [9.17, 15) is 0 Å². The first-order chi connectivity index (χ1) is 9.79.